The molecule has 2 fully saturated rings. The van der Waals surface area contributed by atoms with Crippen LogP contribution in [0.1, 0.15) is 73.9 Å². The second kappa shape index (κ2) is 7.36. The number of anilines is 1. The van der Waals surface area contributed by atoms with Crippen molar-refractivity contribution in [3.63, 3.8) is 0 Å². The highest BCUT2D eigenvalue weighted by atomic mass is 16.5. The molecule has 1 aromatic carbocycles. The smallest absolute Gasteiger partial charge is 0.340 e. The normalized spacial score (nSPS) is 29.2. The summed E-state index contributed by atoms with van der Waals surface area (Å²) in [6.45, 7) is 3.07. The molecule has 0 aromatic heterocycles. The number of carbonyl (C=O) groups is 1. The lowest BCUT2D eigenvalue weighted by Crippen LogP contribution is -2.46. The summed E-state index contributed by atoms with van der Waals surface area (Å²) >= 11 is 0. The Morgan fingerprint density at radius 2 is 2.04 bits per heavy atom. The van der Waals surface area contributed by atoms with E-state index in [1.54, 1.807) is 0 Å². The largest absolute Gasteiger partial charge is 0.462 e. The minimum absolute atomic E-state index is 0.117. The summed E-state index contributed by atoms with van der Waals surface area (Å²) in [6, 6.07) is 6.37. The molecule has 0 amide bonds. The van der Waals surface area contributed by atoms with Crippen LogP contribution in [0.4, 0.5) is 5.69 Å². The molecule has 3 aliphatic rings. The van der Waals surface area contributed by atoms with E-state index in [2.05, 4.69) is 11.4 Å². The van der Waals surface area contributed by atoms with Gasteiger partial charge in [-0.15, -0.1) is 0 Å². The zero-order chi connectivity index (χ0) is 17.2. The topological polar surface area (TPSA) is 47.6 Å². The van der Waals surface area contributed by atoms with Gasteiger partial charge in [0.2, 0.25) is 0 Å². The quantitative estimate of drug-likeness (QED) is 0.808. The van der Waals surface area contributed by atoms with Crippen molar-refractivity contribution in [3.05, 3.63) is 29.3 Å². The maximum absolute atomic E-state index is 12.5. The Hall–Kier alpha value is -1.55. The molecule has 4 rings (SSSR count). The number of ether oxygens (including phenoxy) is 2. The highest BCUT2D eigenvalue weighted by Crippen LogP contribution is 2.48. The van der Waals surface area contributed by atoms with Crippen LogP contribution in [0, 0.1) is 11.8 Å². The third-order valence-electron chi connectivity index (χ3n) is 6.20. The summed E-state index contributed by atoms with van der Waals surface area (Å²) in [5.41, 5.74) is 2.76. The molecule has 1 aliphatic carbocycles. The summed E-state index contributed by atoms with van der Waals surface area (Å²) in [7, 11) is 0. The number of nitrogens with one attached hydrogen (secondary N) is 1. The molecular weight excluding hydrogens is 314 g/mol. The first-order valence-electron chi connectivity index (χ1n) is 9.97. The van der Waals surface area contributed by atoms with Crippen LogP contribution in [0.25, 0.3) is 0 Å². The molecule has 136 valence electrons. The van der Waals surface area contributed by atoms with Crippen molar-refractivity contribution >= 4 is 11.7 Å². The standard InChI is InChI=1S/C21H29NO3/c1-2-24-21(23)17-11-6-10-16-19(17)22-18(14-8-4-3-5-9-14)15-12-7-13-25-20(15)16/h6,10-11,14-15,18,20,22H,2-5,7-9,12-13H2,1H3/t15-,18+,20-/m0/s1. The number of benzene rings is 1. The predicted molar refractivity (Wildman–Crippen MR) is 97.8 cm³/mol. The van der Waals surface area contributed by atoms with Gasteiger partial charge >= 0.3 is 5.97 Å². The van der Waals surface area contributed by atoms with E-state index in [0.29, 0.717) is 30.0 Å². The molecule has 2 heterocycles. The molecule has 1 aromatic rings. The molecule has 1 saturated carbocycles. The van der Waals surface area contributed by atoms with Gasteiger partial charge in [0.05, 0.1) is 24.0 Å². The van der Waals surface area contributed by atoms with E-state index in [1.807, 2.05) is 19.1 Å². The van der Waals surface area contributed by atoms with Crippen LogP contribution in [0.3, 0.4) is 0 Å². The van der Waals surface area contributed by atoms with Crippen LogP contribution in [-0.4, -0.2) is 25.2 Å². The first-order valence-corrected chi connectivity index (χ1v) is 9.97. The molecule has 0 unspecified atom stereocenters. The third kappa shape index (κ3) is 3.17. The Labute approximate surface area is 150 Å². The fraction of sp³-hybridized carbons (Fsp3) is 0.667. The fourth-order valence-corrected chi connectivity index (χ4v) is 5.07. The van der Waals surface area contributed by atoms with Crippen molar-refractivity contribution in [2.75, 3.05) is 18.5 Å². The molecule has 1 saturated heterocycles. The second-order valence-corrected chi connectivity index (χ2v) is 7.66. The second-order valence-electron chi connectivity index (χ2n) is 7.66. The summed E-state index contributed by atoms with van der Waals surface area (Å²) < 4.78 is 11.5. The number of carbonyl (C=O) groups excluding carboxylic acids is 1. The minimum atomic E-state index is -0.233. The molecule has 2 aliphatic heterocycles. The van der Waals surface area contributed by atoms with Crippen LogP contribution in [0.15, 0.2) is 18.2 Å². The summed E-state index contributed by atoms with van der Waals surface area (Å²) in [4.78, 5) is 12.5. The van der Waals surface area contributed by atoms with E-state index < -0.39 is 0 Å². The van der Waals surface area contributed by atoms with Crippen molar-refractivity contribution in [3.8, 4) is 0 Å². The van der Waals surface area contributed by atoms with Gasteiger partial charge in [0.15, 0.2) is 0 Å². The van der Waals surface area contributed by atoms with E-state index in [-0.39, 0.29) is 12.1 Å². The van der Waals surface area contributed by atoms with Crippen LogP contribution in [0.5, 0.6) is 0 Å². The average Bonchev–Trinajstić information content (AvgIpc) is 2.67. The van der Waals surface area contributed by atoms with Gasteiger partial charge in [-0.3, -0.25) is 0 Å². The first kappa shape index (κ1) is 16.9. The third-order valence-corrected chi connectivity index (χ3v) is 6.20. The fourth-order valence-electron chi connectivity index (χ4n) is 5.07. The number of fused-ring (bicyclic) bond motifs is 3. The Bertz CT molecular complexity index is 624. The van der Waals surface area contributed by atoms with E-state index in [9.17, 15) is 4.79 Å². The lowest BCUT2D eigenvalue weighted by molar-refractivity contribution is -0.0458. The Morgan fingerprint density at radius 3 is 2.84 bits per heavy atom. The molecule has 0 radical (unpaired) electrons. The zero-order valence-corrected chi connectivity index (χ0v) is 15.1. The maximum Gasteiger partial charge on any atom is 0.340 e. The molecular formula is C21H29NO3. The van der Waals surface area contributed by atoms with Crippen molar-refractivity contribution < 1.29 is 14.3 Å². The molecule has 3 atom stereocenters. The lowest BCUT2D eigenvalue weighted by Gasteiger charge is -2.47. The number of rotatable bonds is 3. The van der Waals surface area contributed by atoms with E-state index in [1.165, 1.54) is 38.5 Å². The summed E-state index contributed by atoms with van der Waals surface area (Å²) in [6.07, 6.45) is 9.06. The van der Waals surface area contributed by atoms with E-state index >= 15 is 0 Å². The monoisotopic (exact) mass is 343 g/mol. The highest BCUT2D eigenvalue weighted by Gasteiger charge is 2.43. The predicted octanol–water partition coefficient (Wildman–Crippen LogP) is 4.71. The van der Waals surface area contributed by atoms with Gasteiger partial charge in [-0.25, -0.2) is 4.79 Å². The number of para-hydroxylation sites is 1. The van der Waals surface area contributed by atoms with Gasteiger partial charge in [0.1, 0.15) is 0 Å². The number of hydrogen-bond acceptors (Lipinski definition) is 4. The van der Waals surface area contributed by atoms with E-state index in [0.717, 1.165) is 24.3 Å². The highest BCUT2D eigenvalue weighted by molar-refractivity contribution is 5.97. The van der Waals surface area contributed by atoms with Crippen LogP contribution >= 0.6 is 0 Å². The van der Waals surface area contributed by atoms with Gasteiger partial charge in [-0.05, 0) is 44.6 Å². The first-order chi connectivity index (χ1) is 12.3. The molecule has 4 nitrogen and oxygen atoms in total. The van der Waals surface area contributed by atoms with Gasteiger partial charge in [-0.2, -0.15) is 0 Å². The summed E-state index contributed by atoms with van der Waals surface area (Å²) in [5.74, 6) is 0.969. The molecule has 4 heteroatoms. The minimum Gasteiger partial charge on any atom is -0.462 e. The van der Waals surface area contributed by atoms with Crippen LogP contribution in [0.2, 0.25) is 0 Å². The van der Waals surface area contributed by atoms with Gasteiger partial charge in [0.25, 0.3) is 0 Å². The van der Waals surface area contributed by atoms with Crippen LogP contribution < -0.4 is 5.32 Å². The Kier molecular flexibility index (Phi) is 4.98. The SMILES string of the molecule is CCOC(=O)c1cccc2c1N[C@H](C1CCCCC1)[C@@H]1CCCO[C@H]21. The molecule has 25 heavy (non-hydrogen) atoms. The Balaban J connectivity index is 1.71. The molecule has 0 spiro atoms. The Morgan fingerprint density at radius 1 is 1.20 bits per heavy atom. The van der Waals surface area contributed by atoms with Gasteiger partial charge in [-0.1, -0.05) is 31.4 Å². The van der Waals surface area contributed by atoms with Crippen LogP contribution in [-0.2, 0) is 9.47 Å². The summed E-state index contributed by atoms with van der Waals surface area (Å²) in [5, 5.41) is 3.79. The van der Waals surface area contributed by atoms with Gasteiger partial charge < -0.3 is 14.8 Å². The van der Waals surface area contributed by atoms with Crippen molar-refractivity contribution in [1.82, 2.24) is 0 Å². The molecule has 1 N–H and O–H groups in total. The number of esters is 1. The van der Waals surface area contributed by atoms with Crippen molar-refractivity contribution in [1.29, 1.82) is 0 Å². The maximum atomic E-state index is 12.5. The lowest BCUT2D eigenvalue weighted by atomic mass is 9.71. The number of hydrogen-bond donors (Lipinski definition) is 1. The zero-order valence-electron chi connectivity index (χ0n) is 15.1. The van der Waals surface area contributed by atoms with E-state index in [4.69, 9.17) is 9.47 Å². The van der Waals surface area contributed by atoms with Crippen molar-refractivity contribution in [2.45, 2.75) is 64.0 Å². The molecule has 0 bridgehead atoms. The average molecular weight is 343 g/mol. The van der Waals surface area contributed by atoms with Crippen molar-refractivity contribution in [2.24, 2.45) is 11.8 Å². The van der Waals surface area contributed by atoms with Gasteiger partial charge in [0, 0.05) is 24.1 Å².